The lowest BCUT2D eigenvalue weighted by Gasteiger charge is -2.42. The van der Waals surface area contributed by atoms with E-state index < -0.39 is 0 Å². The van der Waals surface area contributed by atoms with E-state index in [9.17, 15) is 9.59 Å². The van der Waals surface area contributed by atoms with E-state index in [1.165, 1.54) is 24.0 Å². The number of anilines is 1. The number of para-hydroxylation sites is 1. The summed E-state index contributed by atoms with van der Waals surface area (Å²) in [6.07, 6.45) is 9.30. The van der Waals surface area contributed by atoms with Gasteiger partial charge >= 0.3 is 6.03 Å². The lowest BCUT2D eigenvalue weighted by atomic mass is 9.79. The number of unbranched alkanes of at least 4 members (excludes halogenated alkanes) is 3. The first-order valence-corrected chi connectivity index (χ1v) is 14.4. The van der Waals surface area contributed by atoms with E-state index in [0.29, 0.717) is 12.5 Å². The first-order valence-electron chi connectivity index (χ1n) is 14.4. The summed E-state index contributed by atoms with van der Waals surface area (Å²) in [6, 6.07) is 19.1. The van der Waals surface area contributed by atoms with Gasteiger partial charge in [0.05, 0.1) is 18.0 Å². The summed E-state index contributed by atoms with van der Waals surface area (Å²) in [5.74, 6) is 0.377. The standard InChI is InChI=1S/C31H42N4O2/c1-2-3-4-12-20-32-31(37)34-27-18-11-9-16-24(27)30(36)35-21-19-25-28(22-13-6-5-7-14-22)33-26-17-10-8-15-23(26)29(25)35/h5-8,10,13-15,17,24-25,27-29,33H,2-4,9,11-12,16,18-21H2,1H3,(H2,32,34,37). The molecule has 5 rings (SSSR count). The molecule has 2 aromatic rings. The van der Waals surface area contributed by atoms with Crippen LogP contribution in [-0.4, -0.2) is 36.0 Å². The predicted octanol–water partition coefficient (Wildman–Crippen LogP) is 6.18. The SMILES string of the molecule is CCCCCCNC(=O)NC1CCCCC1C(=O)N1CCC2C(c3ccccc3)Nc3ccccc3C21. The van der Waals surface area contributed by atoms with Crippen LogP contribution in [0.15, 0.2) is 54.6 Å². The van der Waals surface area contributed by atoms with Crippen molar-refractivity contribution in [2.45, 2.75) is 82.8 Å². The summed E-state index contributed by atoms with van der Waals surface area (Å²) in [5, 5.41) is 9.98. The van der Waals surface area contributed by atoms with Crippen molar-refractivity contribution in [1.29, 1.82) is 0 Å². The van der Waals surface area contributed by atoms with Gasteiger partial charge in [-0.1, -0.05) is 87.6 Å². The fourth-order valence-electron chi connectivity index (χ4n) is 6.75. The molecule has 6 heteroatoms. The fourth-order valence-corrected chi connectivity index (χ4v) is 6.75. The Kier molecular flexibility index (Phi) is 8.32. The lowest BCUT2D eigenvalue weighted by molar-refractivity contribution is -0.138. The van der Waals surface area contributed by atoms with Gasteiger partial charge in [0.1, 0.15) is 0 Å². The Bertz CT molecular complexity index is 1060. The highest BCUT2D eigenvalue weighted by Crippen LogP contribution is 2.51. The minimum absolute atomic E-state index is 0.0603. The van der Waals surface area contributed by atoms with Crippen molar-refractivity contribution >= 4 is 17.6 Å². The topological polar surface area (TPSA) is 73.5 Å². The average molecular weight is 503 g/mol. The number of amides is 3. The van der Waals surface area contributed by atoms with Crippen molar-refractivity contribution in [3.05, 3.63) is 65.7 Å². The number of carbonyl (C=O) groups is 2. The number of fused-ring (bicyclic) bond motifs is 3. The monoisotopic (exact) mass is 502 g/mol. The third-order valence-electron chi connectivity index (χ3n) is 8.62. The molecule has 0 spiro atoms. The molecule has 37 heavy (non-hydrogen) atoms. The lowest BCUT2D eigenvalue weighted by Crippen LogP contribution is -2.52. The van der Waals surface area contributed by atoms with Gasteiger partial charge < -0.3 is 20.9 Å². The van der Waals surface area contributed by atoms with Gasteiger partial charge in [-0.25, -0.2) is 4.79 Å². The Morgan fingerprint density at radius 2 is 1.73 bits per heavy atom. The van der Waals surface area contributed by atoms with Crippen LogP contribution in [0.3, 0.4) is 0 Å². The van der Waals surface area contributed by atoms with Crippen LogP contribution in [0, 0.1) is 11.8 Å². The second-order valence-corrected chi connectivity index (χ2v) is 11.0. The molecule has 3 N–H and O–H groups in total. The van der Waals surface area contributed by atoms with Gasteiger partial charge in [0, 0.05) is 30.7 Å². The molecule has 2 fully saturated rings. The zero-order valence-electron chi connectivity index (χ0n) is 22.1. The second-order valence-electron chi connectivity index (χ2n) is 11.0. The van der Waals surface area contributed by atoms with Crippen LogP contribution in [0.2, 0.25) is 0 Å². The molecule has 3 aliphatic rings. The smallest absolute Gasteiger partial charge is 0.315 e. The molecule has 3 amide bonds. The van der Waals surface area contributed by atoms with E-state index >= 15 is 0 Å². The molecule has 2 heterocycles. The van der Waals surface area contributed by atoms with Crippen LogP contribution in [0.25, 0.3) is 0 Å². The van der Waals surface area contributed by atoms with Gasteiger partial charge in [0.15, 0.2) is 0 Å². The molecule has 2 aliphatic heterocycles. The van der Waals surface area contributed by atoms with Crippen molar-refractivity contribution < 1.29 is 9.59 Å². The van der Waals surface area contributed by atoms with Crippen LogP contribution in [0.1, 0.15) is 87.9 Å². The highest BCUT2D eigenvalue weighted by atomic mass is 16.2. The maximum Gasteiger partial charge on any atom is 0.315 e. The quantitative estimate of drug-likeness (QED) is 0.377. The van der Waals surface area contributed by atoms with E-state index in [1.807, 2.05) is 0 Å². The molecule has 198 valence electrons. The number of carbonyl (C=O) groups excluding carboxylic acids is 2. The molecule has 0 aromatic heterocycles. The summed E-state index contributed by atoms with van der Waals surface area (Å²) >= 11 is 0. The molecule has 1 aliphatic carbocycles. The highest BCUT2D eigenvalue weighted by Gasteiger charge is 2.48. The fraction of sp³-hybridized carbons (Fsp3) is 0.548. The van der Waals surface area contributed by atoms with E-state index in [1.54, 1.807) is 0 Å². The van der Waals surface area contributed by atoms with E-state index in [-0.39, 0.29) is 36.0 Å². The Morgan fingerprint density at radius 1 is 0.946 bits per heavy atom. The summed E-state index contributed by atoms with van der Waals surface area (Å²) in [7, 11) is 0. The minimum atomic E-state index is -0.157. The summed E-state index contributed by atoms with van der Waals surface area (Å²) in [6.45, 7) is 3.64. The van der Waals surface area contributed by atoms with Crippen LogP contribution in [0.4, 0.5) is 10.5 Å². The van der Waals surface area contributed by atoms with Gasteiger partial charge in [-0.3, -0.25) is 4.79 Å². The number of benzene rings is 2. The molecule has 1 saturated heterocycles. The maximum absolute atomic E-state index is 14.2. The molecule has 1 saturated carbocycles. The number of likely N-dealkylation sites (tertiary alicyclic amines) is 1. The number of rotatable bonds is 8. The van der Waals surface area contributed by atoms with Gasteiger partial charge in [-0.15, -0.1) is 0 Å². The van der Waals surface area contributed by atoms with E-state index in [4.69, 9.17) is 0 Å². The van der Waals surface area contributed by atoms with Crippen LogP contribution in [-0.2, 0) is 4.79 Å². The predicted molar refractivity (Wildman–Crippen MR) is 148 cm³/mol. The number of nitrogens with zero attached hydrogens (tertiary/aromatic N) is 1. The largest absolute Gasteiger partial charge is 0.378 e. The number of hydrogen-bond donors (Lipinski definition) is 3. The summed E-state index contributed by atoms with van der Waals surface area (Å²) in [4.78, 5) is 29.0. The first-order chi connectivity index (χ1) is 18.2. The van der Waals surface area contributed by atoms with Crippen molar-refractivity contribution in [2.24, 2.45) is 11.8 Å². The third-order valence-corrected chi connectivity index (χ3v) is 8.62. The van der Waals surface area contributed by atoms with Crippen LogP contribution >= 0.6 is 0 Å². The summed E-state index contributed by atoms with van der Waals surface area (Å²) < 4.78 is 0. The number of hydrogen-bond acceptors (Lipinski definition) is 3. The summed E-state index contributed by atoms with van der Waals surface area (Å²) in [5.41, 5.74) is 3.61. The number of urea groups is 1. The second kappa shape index (κ2) is 12.0. The molecule has 2 aromatic carbocycles. The van der Waals surface area contributed by atoms with Gasteiger partial charge in [0.25, 0.3) is 0 Å². The third kappa shape index (κ3) is 5.63. The van der Waals surface area contributed by atoms with Crippen LogP contribution < -0.4 is 16.0 Å². The van der Waals surface area contributed by atoms with Gasteiger partial charge in [-0.2, -0.15) is 0 Å². The molecule has 0 radical (unpaired) electrons. The normalized spacial score (nSPS) is 26.5. The Morgan fingerprint density at radius 3 is 2.57 bits per heavy atom. The number of nitrogens with one attached hydrogen (secondary N) is 3. The first kappa shape index (κ1) is 25.6. The van der Waals surface area contributed by atoms with Crippen molar-refractivity contribution in [2.75, 3.05) is 18.4 Å². The maximum atomic E-state index is 14.2. The zero-order chi connectivity index (χ0) is 25.6. The Hall–Kier alpha value is -3.02. The van der Waals surface area contributed by atoms with Crippen molar-refractivity contribution in [1.82, 2.24) is 15.5 Å². The zero-order valence-corrected chi connectivity index (χ0v) is 22.1. The molecule has 6 nitrogen and oxygen atoms in total. The molecule has 5 atom stereocenters. The Labute approximate surface area is 221 Å². The van der Waals surface area contributed by atoms with E-state index in [2.05, 4.69) is 82.4 Å². The Balaban J connectivity index is 1.31. The molecular weight excluding hydrogens is 460 g/mol. The molecular formula is C31H42N4O2. The van der Waals surface area contributed by atoms with Gasteiger partial charge in [-0.05, 0) is 42.9 Å². The molecule has 5 unspecified atom stereocenters. The van der Waals surface area contributed by atoms with E-state index in [0.717, 1.165) is 57.2 Å². The minimum Gasteiger partial charge on any atom is -0.378 e. The van der Waals surface area contributed by atoms with Crippen molar-refractivity contribution in [3.63, 3.8) is 0 Å². The van der Waals surface area contributed by atoms with Crippen LogP contribution in [0.5, 0.6) is 0 Å². The van der Waals surface area contributed by atoms with Gasteiger partial charge in [0.2, 0.25) is 5.91 Å². The molecule has 0 bridgehead atoms. The van der Waals surface area contributed by atoms with Crippen molar-refractivity contribution in [3.8, 4) is 0 Å². The average Bonchev–Trinajstić information content (AvgIpc) is 3.38. The highest BCUT2D eigenvalue weighted by molar-refractivity contribution is 5.82.